The van der Waals surface area contributed by atoms with Crippen molar-refractivity contribution in [3.05, 3.63) is 29.8 Å². The summed E-state index contributed by atoms with van der Waals surface area (Å²) >= 11 is 4.72. The average Bonchev–Trinajstić information content (AvgIpc) is 2.19. The Morgan fingerprint density at radius 1 is 1.43 bits per heavy atom. The first-order valence-electron chi connectivity index (χ1n) is 4.08. The SMILES string of the molecule is COc1ccc(CN(N)C(N)=S)cc1. The van der Waals surface area contributed by atoms with Gasteiger partial charge in [0.1, 0.15) is 5.75 Å². The quantitative estimate of drug-likeness (QED) is 0.436. The predicted octanol–water partition coefficient (Wildman–Crippen LogP) is 0.615. The Morgan fingerprint density at radius 2 is 2.00 bits per heavy atom. The third kappa shape index (κ3) is 2.86. The minimum absolute atomic E-state index is 0.181. The maximum Gasteiger partial charge on any atom is 0.180 e. The van der Waals surface area contributed by atoms with Crippen molar-refractivity contribution in [1.82, 2.24) is 5.01 Å². The Balaban J connectivity index is 2.64. The fourth-order valence-corrected chi connectivity index (χ4v) is 1.07. The third-order valence-corrected chi connectivity index (χ3v) is 2.03. The van der Waals surface area contributed by atoms with Crippen LogP contribution in [0.15, 0.2) is 24.3 Å². The van der Waals surface area contributed by atoms with Crippen LogP contribution in [0.4, 0.5) is 0 Å². The predicted molar refractivity (Wildman–Crippen MR) is 59.5 cm³/mol. The molecule has 0 saturated carbocycles. The van der Waals surface area contributed by atoms with Gasteiger partial charge in [-0.1, -0.05) is 12.1 Å². The van der Waals surface area contributed by atoms with E-state index in [2.05, 4.69) is 0 Å². The van der Waals surface area contributed by atoms with E-state index >= 15 is 0 Å². The Bertz CT molecular complexity index is 312. The van der Waals surface area contributed by atoms with Crippen molar-refractivity contribution < 1.29 is 4.74 Å². The van der Waals surface area contributed by atoms with Crippen molar-refractivity contribution >= 4 is 17.3 Å². The van der Waals surface area contributed by atoms with E-state index in [9.17, 15) is 0 Å². The summed E-state index contributed by atoms with van der Waals surface area (Å²) in [6.07, 6.45) is 0. The number of ether oxygens (including phenoxy) is 1. The molecule has 4 N–H and O–H groups in total. The van der Waals surface area contributed by atoms with Gasteiger partial charge in [0.25, 0.3) is 0 Å². The highest BCUT2D eigenvalue weighted by atomic mass is 32.1. The smallest absolute Gasteiger partial charge is 0.180 e. The molecule has 76 valence electrons. The van der Waals surface area contributed by atoms with E-state index in [0.717, 1.165) is 11.3 Å². The first-order chi connectivity index (χ1) is 6.63. The van der Waals surface area contributed by atoms with E-state index in [1.165, 1.54) is 5.01 Å². The van der Waals surface area contributed by atoms with Crippen molar-refractivity contribution in [3.63, 3.8) is 0 Å². The molecule has 0 fully saturated rings. The summed E-state index contributed by atoms with van der Waals surface area (Å²) in [5, 5.41) is 1.50. The normalized spacial score (nSPS) is 9.57. The molecule has 0 spiro atoms. The molecule has 0 bridgehead atoms. The van der Waals surface area contributed by atoms with Gasteiger partial charge in [0.05, 0.1) is 13.7 Å². The second kappa shape index (κ2) is 4.78. The van der Waals surface area contributed by atoms with E-state index in [1.54, 1.807) is 7.11 Å². The first-order valence-corrected chi connectivity index (χ1v) is 4.49. The lowest BCUT2D eigenvalue weighted by molar-refractivity contribution is 0.413. The van der Waals surface area contributed by atoms with Crippen LogP contribution in [0.1, 0.15) is 5.56 Å². The van der Waals surface area contributed by atoms with Gasteiger partial charge in [-0.25, -0.2) is 5.84 Å². The lowest BCUT2D eigenvalue weighted by Gasteiger charge is -2.15. The Hall–Kier alpha value is -1.33. The molecule has 1 aromatic carbocycles. The molecule has 0 atom stereocenters. The molecular weight excluding hydrogens is 198 g/mol. The van der Waals surface area contributed by atoms with Crippen LogP contribution < -0.4 is 16.3 Å². The zero-order chi connectivity index (χ0) is 10.6. The monoisotopic (exact) mass is 211 g/mol. The summed E-state index contributed by atoms with van der Waals surface area (Å²) in [6.45, 7) is 0.499. The standard InChI is InChI=1S/C9H13N3OS/c1-13-8-4-2-7(3-5-8)6-12(11)9(10)14/h2-5H,6,11H2,1H3,(H2,10,14). The van der Waals surface area contributed by atoms with Gasteiger partial charge in [0.2, 0.25) is 0 Å². The molecule has 4 nitrogen and oxygen atoms in total. The van der Waals surface area contributed by atoms with Crippen LogP contribution in [-0.2, 0) is 6.54 Å². The summed E-state index contributed by atoms with van der Waals surface area (Å²) in [5.41, 5.74) is 6.38. The third-order valence-electron chi connectivity index (χ3n) is 1.80. The second-order valence-electron chi connectivity index (χ2n) is 2.81. The first kappa shape index (κ1) is 10.7. The molecule has 5 heteroatoms. The fourth-order valence-electron chi connectivity index (χ4n) is 1.01. The molecule has 1 aromatic rings. The van der Waals surface area contributed by atoms with E-state index in [0.29, 0.717) is 6.54 Å². The number of nitrogens with zero attached hydrogens (tertiary/aromatic N) is 1. The molecule has 14 heavy (non-hydrogen) atoms. The molecule has 0 aliphatic heterocycles. The summed E-state index contributed by atoms with van der Waals surface area (Å²) in [5.74, 6) is 6.37. The number of nitrogens with two attached hydrogens (primary N) is 2. The Morgan fingerprint density at radius 3 is 2.43 bits per heavy atom. The van der Waals surface area contributed by atoms with Crippen LogP contribution in [0.25, 0.3) is 0 Å². The molecule has 0 aromatic heterocycles. The molecule has 0 amide bonds. The molecular formula is C9H13N3OS. The van der Waals surface area contributed by atoms with Gasteiger partial charge in [-0.15, -0.1) is 0 Å². The number of thiocarbonyl (C=S) groups is 1. The highest BCUT2D eigenvalue weighted by Gasteiger charge is 2.01. The molecule has 1 rings (SSSR count). The van der Waals surface area contributed by atoms with Crippen LogP contribution in [0.5, 0.6) is 5.75 Å². The summed E-state index contributed by atoms with van der Waals surface area (Å²) in [6, 6.07) is 7.55. The number of methoxy groups -OCH3 is 1. The number of hydrazine groups is 1. The van der Waals surface area contributed by atoms with Gasteiger partial charge in [-0.2, -0.15) is 0 Å². The van der Waals surface area contributed by atoms with Crippen molar-refractivity contribution in [1.29, 1.82) is 0 Å². The van der Waals surface area contributed by atoms with Crippen molar-refractivity contribution in [2.75, 3.05) is 7.11 Å². The molecule has 0 radical (unpaired) electrons. The summed E-state index contributed by atoms with van der Waals surface area (Å²) in [4.78, 5) is 0. The topological polar surface area (TPSA) is 64.5 Å². The maximum atomic E-state index is 5.55. The van der Waals surface area contributed by atoms with Crippen LogP contribution in [-0.4, -0.2) is 17.2 Å². The van der Waals surface area contributed by atoms with Gasteiger partial charge in [-0.05, 0) is 29.9 Å². The van der Waals surface area contributed by atoms with Gasteiger partial charge in [0, 0.05) is 0 Å². The minimum Gasteiger partial charge on any atom is -0.497 e. The van der Waals surface area contributed by atoms with Crippen LogP contribution >= 0.6 is 12.2 Å². The zero-order valence-corrected chi connectivity index (χ0v) is 8.75. The highest BCUT2D eigenvalue weighted by Crippen LogP contribution is 2.11. The highest BCUT2D eigenvalue weighted by molar-refractivity contribution is 7.80. The number of benzene rings is 1. The van der Waals surface area contributed by atoms with E-state index in [-0.39, 0.29) is 5.11 Å². The lowest BCUT2D eigenvalue weighted by atomic mass is 10.2. The zero-order valence-electron chi connectivity index (χ0n) is 7.93. The Labute approximate surface area is 88.4 Å². The van der Waals surface area contributed by atoms with Crippen LogP contribution in [0.3, 0.4) is 0 Å². The average molecular weight is 211 g/mol. The van der Waals surface area contributed by atoms with Crippen LogP contribution in [0.2, 0.25) is 0 Å². The summed E-state index contributed by atoms with van der Waals surface area (Å²) < 4.78 is 5.03. The van der Waals surface area contributed by atoms with Crippen molar-refractivity contribution in [3.8, 4) is 5.75 Å². The Kier molecular flexibility index (Phi) is 3.67. The lowest BCUT2D eigenvalue weighted by Crippen LogP contribution is -2.40. The molecule has 0 saturated heterocycles. The van der Waals surface area contributed by atoms with Gasteiger partial charge >= 0.3 is 0 Å². The minimum atomic E-state index is 0.181. The number of rotatable bonds is 3. The largest absolute Gasteiger partial charge is 0.497 e. The number of hydrogen-bond acceptors (Lipinski definition) is 3. The van der Waals surface area contributed by atoms with E-state index in [4.69, 9.17) is 28.5 Å². The molecule has 0 heterocycles. The molecule has 0 aliphatic rings. The van der Waals surface area contributed by atoms with Gasteiger partial charge in [-0.3, -0.25) is 5.01 Å². The van der Waals surface area contributed by atoms with Gasteiger partial charge < -0.3 is 10.5 Å². The second-order valence-corrected chi connectivity index (χ2v) is 3.23. The van der Waals surface area contributed by atoms with E-state index < -0.39 is 0 Å². The van der Waals surface area contributed by atoms with E-state index in [1.807, 2.05) is 24.3 Å². The van der Waals surface area contributed by atoms with Crippen molar-refractivity contribution in [2.45, 2.75) is 6.54 Å². The number of hydrogen-bond donors (Lipinski definition) is 2. The molecule has 0 aliphatic carbocycles. The maximum absolute atomic E-state index is 5.55. The molecule has 0 unspecified atom stereocenters. The fraction of sp³-hybridized carbons (Fsp3) is 0.222. The van der Waals surface area contributed by atoms with Crippen molar-refractivity contribution in [2.24, 2.45) is 11.6 Å². The van der Waals surface area contributed by atoms with Crippen LogP contribution in [0, 0.1) is 0 Å². The summed E-state index contributed by atoms with van der Waals surface area (Å²) in [7, 11) is 1.62. The van der Waals surface area contributed by atoms with Gasteiger partial charge in [0.15, 0.2) is 5.11 Å².